The number of benzene rings is 1. The van der Waals surface area contributed by atoms with E-state index in [9.17, 15) is 0 Å². The van der Waals surface area contributed by atoms with Crippen LogP contribution in [0.1, 0.15) is 56.1 Å². The number of hydrogen-bond donors (Lipinski definition) is 1. The standard InChI is InChI=1S/C18H26BrNO/c19-16-12-14(17-15(13-16)5-11-21-17)4-8-18(9-10-20)6-2-1-3-7-18/h12-13H,1-11,20H2. The van der Waals surface area contributed by atoms with E-state index in [1.165, 1.54) is 60.5 Å². The van der Waals surface area contributed by atoms with Crippen molar-refractivity contribution >= 4 is 15.9 Å². The summed E-state index contributed by atoms with van der Waals surface area (Å²) >= 11 is 3.65. The van der Waals surface area contributed by atoms with Crippen LogP contribution in [0.4, 0.5) is 0 Å². The predicted octanol–water partition coefficient (Wildman–Crippen LogP) is 4.62. The molecule has 1 aliphatic heterocycles. The Bertz CT molecular complexity index is 489. The fraction of sp³-hybridized carbons (Fsp3) is 0.667. The van der Waals surface area contributed by atoms with Gasteiger partial charge in [0.25, 0.3) is 0 Å². The van der Waals surface area contributed by atoms with E-state index in [0.717, 1.165) is 31.7 Å². The van der Waals surface area contributed by atoms with Crippen LogP contribution in [0.3, 0.4) is 0 Å². The second-order valence-electron chi connectivity index (χ2n) is 6.75. The maximum Gasteiger partial charge on any atom is 0.125 e. The summed E-state index contributed by atoms with van der Waals surface area (Å²) in [6, 6.07) is 4.46. The lowest BCUT2D eigenvalue weighted by Crippen LogP contribution is -2.28. The molecular formula is C18H26BrNO. The Balaban J connectivity index is 1.74. The summed E-state index contributed by atoms with van der Waals surface area (Å²) in [5, 5.41) is 0. The molecule has 0 aromatic heterocycles. The van der Waals surface area contributed by atoms with Crippen molar-refractivity contribution in [3.8, 4) is 5.75 Å². The van der Waals surface area contributed by atoms with Gasteiger partial charge in [-0.2, -0.15) is 0 Å². The average molecular weight is 352 g/mol. The van der Waals surface area contributed by atoms with E-state index in [-0.39, 0.29) is 0 Å². The maximum atomic E-state index is 5.90. The zero-order valence-electron chi connectivity index (χ0n) is 12.8. The van der Waals surface area contributed by atoms with Crippen LogP contribution < -0.4 is 10.5 Å². The van der Waals surface area contributed by atoms with E-state index in [1.807, 2.05) is 0 Å². The van der Waals surface area contributed by atoms with E-state index < -0.39 is 0 Å². The number of fused-ring (bicyclic) bond motifs is 1. The Morgan fingerprint density at radius 1 is 1.14 bits per heavy atom. The zero-order chi connectivity index (χ0) is 14.7. The van der Waals surface area contributed by atoms with Gasteiger partial charge in [-0.1, -0.05) is 35.2 Å². The van der Waals surface area contributed by atoms with Crippen molar-refractivity contribution in [2.45, 2.75) is 57.8 Å². The average Bonchev–Trinajstić information content (AvgIpc) is 2.94. The molecule has 3 heteroatoms. The Hall–Kier alpha value is -0.540. The predicted molar refractivity (Wildman–Crippen MR) is 90.9 cm³/mol. The van der Waals surface area contributed by atoms with Crippen molar-refractivity contribution < 1.29 is 4.74 Å². The van der Waals surface area contributed by atoms with E-state index in [4.69, 9.17) is 10.5 Å². The highest BCUT2D eigenvalue weighted by molar-refractivity contribution is 9.10. The molecule has 116 valence electrons. The molecule has 1 aliphatic carbocycles. The van der Waals surface area contributed by atoms with Crippen LogP contribution in [0.5, 0.6) is 5.75 Å². The van der Waals surface area contributed by atoms with Gasteiger partial charge in [0.15, 0.2) is 0 Å². The molecule has 2 aliphatic rings. The summed E-state index contributed by atoms with van der Waals surface area (Å²) in [6.07, 6.45) is 11.5. The molecule has 0 bridgehead atoms. The first kappa shape index (κ1) is 15.4. The zero-order valence-corrected chi connectivity index (χ0v) is 14.4. The Labute approximate surface area is 136 Å². The van der Waals surface area contributed by atoms with E-state index in [1.54, 1.807) is 0 Å². The van der Waals surface area contributed by atoms with Crippen LogP contribution in [0.2, 0.25) is 0 Å². The molecule has 21 heavy (non-hydrogen) atoms. The van der Waals surface area contributed by atoms with Gasteiger partial charge in [-0.05, 0) is 67.3 Å². The van der Waals surface area contributed by atoms with Crippen molar-refractivity contribution in [1.82, 2.24) is 0 Å². The third-order valence-electron chi connectivity index (χ3n) is 5.34. The van der Waals surface area contributed by atoms with Gasteiger partial charge >= 0.3 is 0 Å². The fourth-order valence-electron chi connectivity index (χ4n) is 4.16. The van der Waals surface area contributed by atoms with Gasteiger partial charge in [-0.15, -0.1) is 0 Å². The minimum absolute atomic E-state index is 0.487. The molecule has 0 atom stereocenters. The normalized spacial score (nSPS) is 20.1. The molecule has 1 heterocycles. The molecule has 1 aromatic rings. The van der Waals surface area contributed by atoms with Gasteiger partial charge in [-0.3, -0.25) is 0 Å². The lowest BCUT2D eigenvalue weighted by atomic mass is 9.68. The van der Waals surface area contributed by atoms with Crippen LogP contribution in [-0.4, -0.2) is 13.2 Å². The van der Waals surface area contributed by atoms with Gasteiger partial charge in [0.1, 0.15) is 5.75 Å². The lowest BCUT2D eigenvalue weighted by Gasteiger charge is -2.37. The molecule has 1 saturated carbocycles. The minimum atomic E-state index is 0.487. The van der Waals surface area contributed by atoms with E-state index >= 15 is 0 Å². The van der Waals surface area contributed by atoms with Crippen molar-refractivity contribution in [3.63, 3.8) is 0 Å². The first-order valence-corrected chi connectivity index (χ1v) is 9.16. The molecule has 2 N–H and O–H groups in total. The molecule has 0 spiro atoms. The van der Waals surface area contributed by atoms with E-state index in [2.05, 4.69) is 28.1 Å². The third-order valence-corrected chi connectivity index (χ3v) is 5.80. The van der Waals surface area contributed by atoms with Crippen LogP contribution in [0, 0.1) is 5.41 Å². The van der Waals surface area contributed by atoms with Crippen molar-refractivity contribution in [2.24, 2.45) is 11.1 Å². The molecule has 1 aromatic carbocycles. The number of ether oxygens (including phenoxy) is 1. The number of halogens is 1. The Morgan fingerprint density at radius 3 is 2.71 bits per heavy atom. The van der Waals surface area contributed by atoms with Crippen LogP contribution in [0.15, 0.2) is 16.6 Å². The second kappa shape index (κ2) is 6.70. The number of hydrogen-bond acceptors (Lipinski definition) is 2. The summed E-state index contributed by atoms with van der Waals surface area (Å²) in [5.74, 6) is 1.16. The monoisotopic (exact) mass is 351 g/mol. The number of aryl methyl sites for hydroxylation is 1. The number of rotatable bonds is 5. The SMILES string of the molecule is NCCC1(CCc2cc(Br)cc3c2OCC3)CCCCC1. The second-order valence-corrected chi connectivity index (χ2v) is 7.67. The summed E-state index contributed by atoms with van der Waals surface area (Å²) in [7, 11) is 0. The lowest BCUT2D eigenvalue weighted by molar-refractivity contribution is 0.160. The van der Waals surface area contributed by atoms with Crippen LogP contribution >= 0.6 is 15.9 Å². The third kappa shape index (κ3) is 3.45. The van der Waals surface area contributed by atoms with Crippen molar-refractivity contribution in [2.75, 3.05) is 13.2 Å². The fourth-order valence-corrected chi connectivity index (χ4v) is 4.72. The highest BCUT2D eigenvalue weighted by Crippen LogP contribution is 2.44. The summed E-state index contributed by atoms with van der Waals surface area (Å²) in [4.78, 5) is 0. The van der Waals surface area contributed by atoms with Crippen LogP contribution in [0.25, 0.3) is 0 Å². The molecule has 3 rings (SSSR count). The summed E-state index contributed by atoms with van der Waals surface area (Å²) in [5.41, 5.74) is 9.14. The minimum Gasteiger partial charge on any atom is -0.493 e. The van der Waals surface area contributed by atoms with Gasteiger partial charge in [-0.25, -0.2) is 0 Å². The molecule has 0 saturated heterocycles. The van der Waals surface area contributed by atoms with E-state index in [0.29, 0.717) is 5.41 Å². The molecule has 1 fully saturated rings. The Kier molecular flexibility index (Phi) is 4.90. The quantitative estimate of drug-likeness (QED) is 0.840. The molecular weight excluding hydrogens is 326 g/mol. The molecule has 0 radical (unpaired) electrons. The van der Waals surface area contributed by atoms with Crippen LogP contribution in [-0.2, 0) is 12.8 Å². The molecule has 0 unspecified atom stereocenters. The molecule has 0 amide bonds. The highest BCUT2D eigenvalue weighted by atomic mass is 79.9. The maximum absolute atomic E-state index is 5.90. The molecule has 2 nitrogen and oxygen atoms in total. The van der Waals surface area contributed by atoms with Crippen molar-refractivity contribution in [1.29, 1.82) is 0 Å². The first-order chi connectivity index (χ1) is 10.2. The highest BCUT2D eigenvalue weighted by Gasteiger charge is 2.31. The first-order valence-electron chi connectivity index (χ1n) is 8.37. The topological polar surface area (TPSA) is 35.2 Å². The Morgan fingerprint density at radius 2 is 1.95 bits per heavy atom. The summed E-state index contributed by atoms with van der Waals surface area (Å²) < 4.78 is 7.06. The van der Waals surface area contributed by atoms with Crippen molar-refractivity contribution in [3.05, 3.63) is 27.7 Å². The van der Waals surface area contributed by atoms with Gasteiger partial charge < -0.3 is 10.5 Å². The largest absolute Gasteiger partial charge is 0.493 e. The van der Waals surface area contributed by atoms with Gasteiger partial charge in [0.05, 0.1) is 6.61 Å². The number of nitrogens with two attached hydrogens (primary N) is 1. The smallest absolute Gasteiger partial charge is 0.125 e. The summed E-state index contributed by atoms with van der Waals surface area (Å²) in [6.45, 7) is 1.67. The van der Waals surface area contributed by atoms with Gasteiger partial charge in [0.2, 0.25) is 0 Å². The van der Waals surface area contributed by atoms with Gasteiger partial charge in [0, 0.05) is 10.9 Å².